The average Bonchev–Trinajstić information content (AvgIpc) is 3.17. The Bertz CT molecular complexity index is 988. The van der Waals surface area contributed by atoms with Gasteiger partial charge in [0, 0.05) is 12.6 Å². The maximum Gasteiger partial charge on any atom is 0.321 e. The molecular weight excluding hydrogens is 376 g/mol. The van der Waals surface area contributed by atoms with Crippen molar-refractivity contribution in [3.8, 4) is 11.5 Å². The molecule has 7 nitrogen and oxygen atoms in total. The zero-order valence-corrected chi connectivity index (χ0v) is 16.5. The van der Waals surface area contributed by atoms with Gasteiger partial charge in [0.15, 0.2) is 0 Å². The summed E-state index contributed by atoms with van der Waals surface area (Å²) in [6.07, 6.45) is 0. The van der Waals surface area contributed by atoms with Crippen LogP contribution in [0.1, 0.15) is 21.9 Å². The molecule has 0 radical (unpaired) electrons. The van der Waals surface area contributed by atoms with Crippen molar-refractivity contribution >= 4 is 23.7 Å². The average molecular weight is 396 g/mol. The molecule has 28 heavy (non-hydrogen) atoms. The Kier molecular flexibility index (Phi) is 6.10. The molecule has 2 aromatic carbocycles. The molecule has 144 valence electrons. The SMILES string of the molecule is CNC(=O)NC(=O)[C@@H](Sc1nnc(-c2ccc(C)c(C)c2)o1)c1ccccc1. The van der Waals surface area contributed by atoms with E-state index in [2.05, 4.69) is 20.8 Å². The van der Waals surface area contributed by atoms with Crippen molar-refractivity contribution in [2.45, 2.75) is 24.3 Å². The molecule has 0 aliphatic rings. The standard InChI is InChI=1S/C20H20N4O3S/c1-12-9-10-15(11-13(12)2)18-23-24-20(27-18)28-16(14-7-5-4-6-8-14)17(25)22-19(26)21-3/h4-11,16H,1-3H3,(H2,21,22,25,26)/t16-/m0/s1. The monoisotopic (exact) mass is 396 g/mol. The van der Waals surface area contributed by atoms with E-state index in [4.69, 9.17) is 4.42 Å². The Morgan fingerprint density at radius 1 is 1.04 bits per heavy atom. The predicted molar refractivity (Wildman–Crippen MR) is 107 cm³/mol. The number of carbonyl (C=O) groups excluding carboxylic acids is 2. The number of amides is 3. The minimum atomic E-state index is -0.716. The van der Waals surface area contributed by atoms with Gasteiger partial charge < -0.3 is 9.73 Å². The quantitative estimate of drug-likeness (QED) is 0.639. The van der Waals surface area contributed by atoms with E-state index in [-0.39, 0.29) is 5.22 Å². The summed E-state index contributed by atoms with van der Waals surface area (Å²) in [6.45, 7) is 4.04. The molecule has 8 heteroatoms. The lowest BCUT2D eigenvalue weighted by Gasteiger charge is -2.14. The minimum Gasteiger partial charge on any atom is -0.411 e. The number of carbonyl (C=O) groups is 2. The highest BCUT2D eigenvalue weighted by atomic mass is 32.2. The summed E-state index contributed by atoms with van der Waals surface area (Å²) in [5, 5.41) is 12.3. The highest BCUT2D eigenvalue weighted by molar-refractivity contribution is 8.00. The van der Waals surface area contributed by atoms with Crippen LogP contribution in [0.15, 0.2) is 58.2 Å². The Morgan fingerprint density at radius 3 is 2.46 bits per heavy atom. The third-order valence-electron chi connectivity index (χ3n) is 4.18. The lowest BCUT2D eigenvalue weighted by molar-refractivity contribution is -0.119. The molecule has 0 spiro atoms. The van der Waals surface area contributed by atoms with Crippen LogP contribution in [0.25, 0.3) is 11.5 Å². The second-order valence-corrected chi connectivity index (χ2v) is 7.21. The molecule has 0 aliphatic carbocycles. The summed E-state index contributed by atoms with van der Waals surface area (Å²) < 4.78 is 5.76. The summed E-state index contributed by atoms with van der Waals surface area (Å²) in [5.41, 5.74) is 3.83. The van der Waals surface area contributed by atoms with Crippen LogP contribution >= 0.6 is 11.8 Å². The first kappa shape index (κ1) is 19.6. The smallest absolute Gasteiger partial charge is 0.321 e. The van der Waals surface area contributed by atoms with Gasteiger partial charge >= 0.3 is 6.03 Å². The second-order valence-electron chi connectivity index (χ2n) is 6.15. The number of rotatable bonds is 5. The van der Waals surface area contributed by atoms with Gasteiger partial charge in [0.05, 0.1) is 0 Å². The van der Waals surface area contributed by atoms with Gasteiger partial charge in [-0.2, -0.15) is 0 Å². The van der Waals surface area contributed by atoms with E-state index < -0.39 is 17.2 Å². The van der Waals surface area contributed by atoms with E-state index in [1.54, 1.807) is 0 Å². The number of thioether (sulfide) groups is 1. The van der Waals surface area contributed by atoms with Crippen molar-refractivity contribution in [3.05, 3.63) is 65.2 Å². The molecule has 3 rings (SSSR count). The van der Waals surface area contributed by atoms with Gasteiger partial charge in [-0.25, -0.2) is 4.79 Å². The van der Waals surface area contributed by atoms with Gasteiger partial charge in [-0.1, -0.05) is 36.4 Å². The Labute approximate surface area is 166 Å². The fourth-order valence-electron chi connectivity index (χ4n) is 2.49. The molecule has 0 bridgehead atoms. The van der Waals surface area contributed by atoms with Gasteiger partial charge in [-0.05, 0) is 54.4 Å². The summed E-state index contributed by atoms with van der Waals surface area (Å²) in [6, 6.07) is 14.4. The van der Waals surface area contributed by atoms with Crippen molar-refractivity contribution < 1.29 is 14.0 Å². The number of aromatic nitrogens is 2. The first-order chi connectivity index (χ1) is 13.5. The Balaban J connectivity index is 1.85. The maximum absolute atomic E-state index is 12.6. The molecule has 0 fully saturated rings. The van der Waals surface area contributed by atoms with E-state index in [0.29, 0.717) is 5.89 Å². The zero-order chi connectivity index (χ0) is 20.1. The largest absolute Gasteiger partial charge is 0.411 e. The van der Waals surface area contributed by atoms with Crippen LogP contribution in [-0.4, -0.2) is 29.2 Å². The van der Waals surface area contributed by atoms with Gasteiger partial charge in [0.2, 0.25) is 11.8 Å². The predicted octanol–water partition coefficient (Wildman–Crippen LogP) is 3.64. The van der Waals surface area contributed by atoms with Gasteiger partial charge in [-0.3, -0.25) is 10.1 Å². The Hall–Kier alpha value is -3.13. The number of urea groups is 1. The number of hydrogen-bond donors (Lipinski definition) is 2. The minimum absolute atomic E-state index is 0.245. The van der Waals surface area contributed by atoms with Crippen LogP contribution in [0.3, 0.4) is 0 Å². The molecule has 0 unspecified atom stereocenters. The van der Waals surface area contributed by atoms with Crippen molar-refractivity contribution in [1.29, 1.82) is 0 Å². The number of hydrogen-bond acceptors (Lipinski definition) is 6. The third kappa shape index (κ3) is 4.58. The van der Waals surface area contributed by atoms with Crippen LogP contribution in [0.2, 0.25) is 0 Å². The summed E-state index contributed by atoms with van der Waals surface area (Å²) >= 11 is 1.09. The molecule has 1 aromatic heterocycles. The number of imide groups is 1. The van der Waals surface area contributed by atoms with Crippen LogP contribution in [0.4, 0.5) is 4.79 Å². The lowest BCUT2D eigenvalue weighted by atomic mass is 10.1. The molecule has 3 amide bonds. The van der Waals surface area contributed by atoms with Crippen molar-refractivity contribution in [2.24, 2.45) is 0 Å². The molecule has 1 atom stereocenters. The lowest BCUT2D eigenvalue weighted by Crippen LogP contribution is -2.39. The number of nitrogens with one attached hydrogen (secondary N) is 2. The van der Waals surface area contributed by atoms with Gasteiger partial charge in [0.1, 0.15) is 5.25 Å². The van der Waals surface area contributed by atoms with E-state index in [0.717, 1.165) is 28.5 Å². The highest BCUT2D eigenvalue weighted by Crippen LogP contribution is 2.36. The first-order valence-corrected chi connectivity index (χ1v) is 9.51. The maximum atomic E-state index is 12.6. The molecule has 0 saturated carbocycles. The third-order valence-corrected chi connectivity index (χ3v) is 5.27. The number of nitrogens with zero attached hydrogens (tertiary/aromatic N) is 2. The fraction of sp³-hybridized carbons (Fsp3) is 0.200. The van der Waals surface area contributed by atoms with Crippen LogP contribution in [0.5, 0.6) is 0 Å². The number of aryl methyl sites for hydroxylation is 2. The van der Waals surface area contributed by atoms with Gasteiger partial charge in [-0.15, -0.1) is 10.2 Å². The van der Waals surface area contributed by atoms with Crippen LogP contribution in [-0.2, 0) is 4.79 Å². The zero-order valence-electron chi connectivity index (χ0n) is 15.7. The first-order valence-electron chi connectivity index (χ1n) is 8.63. The summed E-state index contributed by atoms with van der Waals surface area (Å²) in [4.78, 5) is 24.1. The Morgan fingerprint density at radius 2 is 1.79 bits per heavy atom. The van der Waals surface area contributed by atoms with Crippen molar-refractivity contribution in [1.82, 2.24) is 20.8 Å². The fourth-order valence-corrected chi connectivity index (χ4v) is 3.37. The molecule has 1 heterocycles. The van der Waals surface area contributed by atoms with Gasteiger partial charge in [0.25, 0.3) is 5.22 Å². The number of benzene rings is 2. The van der Waals surface area contributed by atoms with E-state index in [1.807, 2.05) is 62.4 Å². The summed E-state index contributed by atoms with van der Waals surface area (Å²) in [7, 11) is 1.45. The van der Waals surface area contributed by atoms with E-state index in [1.165, 1.54) is 12.6 Å². The van der Waals surface area contributed by atoms with E-state index in [9.17, 15) is 9.59 Å². The highest BCUT2D eigenvalue weighted by Gasteiger charge is 2.26. The molecule has 0 saturated heterocycles. The topological polar surface area (TPSA) is 97.1 Å². The summed E-state index contributed by atoms with van der Waals surface area (Å²) in [5.74, 6) is -0.0920. The molecule has 0 aliphatic heterocycles. The molecule has 3 aromatic rings. The molecular formula is C20H20N4O3S. The van der Waals surface area contributed by atoms with E-state index >= 15 is 0 Å². The molecule has 2 N–H and O–H groups in total. The van der Waals surface area contributed by atoms with Crippen molar-refractivity contribution in [2.75, 3.05) is 7.05 Å². The normalized spacial score (nSPS) is 11.7. The van der Waals surface area contributed by atoms with Crippen LogP contribution < -0.4 is 10.6 Å². The van der Waals surface area contributed by atoms with Crippen LogP contribution in [0, 0.1) is 13.8 Å². The second kappa shape index (κ2) is 8.71. The van der Waals surface area contributed by atoms with Crippen molar-refractivity contribution in [3.63, 3.8) is 0 Å².